The van der Waals surface area contributed by atoms with E-state index in [1.807, 2.05) is 13.8 Å². The van der Waals surface area contributed by atoms with Crippen molar-refractivity contribution in [3.8, 4) is 0 Å². The van der Waals surface area contributed by atoms with Crippen molar-refractivity contribution < 1.29 is 19.1 Å². The lowest BCUT2D eigenvalue weighted by molar-refractivity contribution is -0.134. The van der Waals surface area contributed by atoms with Gasteiger partial charge in [-0.15, -0.1) is 0 Å². The minimum atomic E-state index is -0.954. The van der Waals surface area contributed by atoms with E-state index in [-0.39, 0.29) is 0 Å². The summed E-state index contributed by atoms with van der Waals surface area (Å²) in [6, 6.07) is 0. The van der Waals surface area contributed by atoms with Crippen LogP contribution < -0.4 is 0 Å². The maximum absolute atomic E-state index is 10.7. The Bertz CT molecular complexity index is 239. The van der Waals surface area contributed by atoms with Gasteiger partial charge in [-0.3, -0.25) is 9.59 Å². The van der Waals surface area contributed by atoms with Crippen molar-refractivity contribution in [3.05, 3.63) is 12.2 Å². The summed E-state index contributed by atoms with van der Waals surface area (Å²) in [6.45, 7) is 4.00. The molecule has 13 heavy (non-hydrogen) atoms. The minimum Gasteiger partial charge on any atom is -0.452 e. The summed E-state index contributed by atoms with van der Waals surface area (Å²) in [6.07, 6.45) is 1.07. The lowest BCUT2D eigenvalue weighted by Crippen LogP contribution is -2.35. The minimum absolute atomic E-state index is 0.417. The normalized spacial score (nSPS) is 13.9. The highest BCUT2D eigenvalue weighted by atomic mass is 16.5. The van der Waals surface area contributed by atoms with Gasteiger partial charge in [0.05, 0.1) is 7.11 Å². The van der Waals surface area contributed by atoms with Crippen LogP contribution in [0.3, 0.4) is 0 Å². The molecule has 0 N–H and O–H groups in total. The van der Waals surface area contributed by atoms with Crippen LogP contribution in [0.4, 0.5) is 4.79 Å². The van der Waals surface area contributed by atoms with Crippen LogP contribution in [-0.2, 0) is 14.3 Å². The van der Waals surface area contributed by atoms with Crippen LogP contribution in [-0.4, -0.2) is 29.9 Å². The Morgan fingerprint density at radius 1 is 1.23 bits per heavy atom. The summed E-state index contributed by atoms with van der Waals surface area (Å²) < 4.78 is 4.18. The van der Waals surface area contributed by atoms with Crippen LogP contribution in [0.25, 0.3) is 0 Å². The second kappa shape index (κ2) is 5.08. The highest BCUT2D eigenvalue weighted by Gasteiger charge is 2.30. The summed E-state index contributed by atoms with van der Waals surface area (Å²) >= 11 is 0. The van der Waals surface area contributed by atoms with Gasteiger partial charge in [0.2, 0.25) is 0 Å². The number of imide groups is 3. The molecule has 3 amide bonds. The Morgan fingerprint density at radius 2 is 1.62 bits per heavy atom. The van der Waals surface area contributed by atoms with Crippen molar-refractivity contribution in [1.82, 2.24) is 4.90 Å². The highest BCUT2D eigenvalue weighted by molar-refractivity contribution is 6.21. The second-order valence-corrected chi connectivity index (χ2v) is 1.82. The number of nitrogens with zero attached hydrogens (tertiary/aromatic N) is 1. The van der Waals surface area contributed by atoms with E-state index in [1.165, 1.54) is 0 Å². The molecule has 0 spiro atoms. The molecule has 0 aromatic heterocycles. The van der Waals surface area contributed by atoms with Gasteiger partial charge in [0.15, 0.2) is 0 Å². The monoisotopic (exact) mass is 185 g/mol. The number of hydrogen-bond donors (Lipinski definition) is 0. The zero-order chi connectivity index (χ0) is 10.4. The van der Waals surface area contributed by atoms with E-state index in [9.17, 15) is 14.4 Å². The molecule has 1 rings (SSSR count). The van der Waals surface area contributed by atoms with Gasteiger partial charge in [-0.25, -0.2) is 4.79 Å². The lowest BCUT2D eigenvalue weighted by atomic mass is 10.6. The maximum Gasteiger partial charge on any atom is 0.423 e. The number of carbonyl (C=O) groups excluding carboxylic acids is 3. The summed E-state index contributed by atoms with van der Waals surface area (Å²) in [4.78, 5) is 32.5. The number of rotatable bonds is 0. The molecule has 0 aromatic carbocycles. The lowest BCUT2D eigenvalue weighted by Gasteiger charge is -2.08. The molecule has 5 heteroatoms. The first-order valence-electron chi connectivity index (χ1n) is 3.81. The Hall–Kier alpha value is -1.65. The largest absolute Gasteiger partial charge is 0.452 e. The Labute approximate surface area is 76.0 Å². The summed E-state index contributed by atoms with van der Waals surface area (Å²) in [5, 5.41) is 0. The van der Waals surface area contributed by atoms with Gasteiger partial charge in [-0.05, 0) is 0 Å². The molecule has 0 aliphatic carbocycles. The second-order valence-electron chi connectivity index (χ2n) is 1.82. The standard InChI is InChI=1S/C6H5NO4.C2H6/c1-11-6(10)7-4(8)2-3-5(7)9;1-2/h2-3H,1H3;1-2H3. The van der Waals surface area contributed by atoms with Gasteiger partial charge in [-0.2, -0.15) is 4.90 Å². The molecule has 0 atom stereocenters. The molecule has 72 valence electrons. The summed E-state index contributed by atoms with van der Waals surface area (Å²) in [5.41, 5.74) is 0. The molecule has 0 fully saturated rings. The first kappa shape index (κ1) is 11.4. The molecule has 0 saturated heterocycles. The molecule has 0 bridgehead atoms. The first-order valence-corrected chi connectivity index (χ1v) is 3.81. The van der Waals surface area contributed by atoms with Crippen LogP contribution in [0, 0.1) is 0 Å². The topological polar surface area (TPSA) is 63.7 Å². The third kappa shape index (κ3) is 2.40. The molecule has 0 unspecified atom stereocenters. The van der Waals surface area contributed by atoms with Crippen LogP contribution in [0.2, 0.25) is 0 Å². The van der Waals surface area contributed by atoms with Gasteiger partial charge in [0.25, 0.3) is 11.8 Å². The van der Waals surface area contributed by atoms with E-state index in [2.05, 4.69) is 4.74 Å². The van der Waals surface area contributed by atoms with Gasteiger partial charge in [-0.1, -0.05) is 13.8 Å². The number of carbonyl (C=O) groups is 3. The van der Waals surface area contributed by atoms with E-state index in [0.29, 0.717) is 4.90 Å². The smallest absolute Gasteiger partial charge is 0.423 e. The Balaban J connectivity index is 0.000000671. The molecule has 0 aromatic rings. The van der Waals surface area contributed by atoms with Crippen LogP contribution in [0.15, 0.2) is 12.2 Å². The highest BCUT2D eigenvalue weighted by Crippen LogP contribution is 2.04. The van der Waals surface area contributed by atoms with E-state index < -0.39 is 17.9 Å². The zero-order valence-electron chi connectivity index (χ0n) is 7.73. The predicted molar refractivity (Wildman–Crippen MR) is 44.7 cm³/mol. The zero-order valence-corrected chi connectivity index (χ0v) is 7.73. The van der Waals surface area contributed by atoms with Crippen molar-refractivity contribution in [1.29, 1.82) is 0 Å². The fourth-order valence-electron chi connectivity index (χ4n) is 0.671. The molecular weight excluding hydrogens is 174 g/mol. The van der Waals surface area contributed by atoms with E-state index >= 15 is 0 Å². The number of ether oxygens (including phenoxy) is 1. The van der Waals surface area contributed by atoms with Crippen molar-refractivity contribution in [2.75, 3.05) is 7.11 Å². The Kier molecular flexibility index (Phi) is 4.43. The van der Waals surface area contributed by atoms with Crippen molar-refractivity contribution in [3.63, 3.8) is 0 Å². The molecule has 1 heterocycles. The predicted octanol–water partition coefficient (Wildman–Crippen LogP) is 0.704. The summed E-state index contributed by atoms with van der Waals surface area (Å²) in [5.74, 6) is -1.33. The maximum atomic E-state index is 10.7. The fraction of sp³-hybridized carbons (Fsp3) is 0.375. The Morgan fingerprint density at radius 3 is 1.92 bits per heavy atom. The quantitative estimate of drug-likeness (QED) is 0.521. The van der Waals surface area contributed by atoms with Gasteiger partial charge in [0.1, 0.15) is 0 Å². The first-order chi connectivity index (χ1) is 6.16. The van der Waals surface area contributed by atoms with Crippen molar-refractivity contribution >= 4 is 17.9 Å². The van der Waals surface area contributed by atoms with E-state index in [4.69, 9.17) is 0 Å². The number of amides is 3. The molecule has 0 radical (unpaired) electrons. The van der Waals surface area contributed by atoms with Crippen LogP contribution >= 0.6 is 0 Å². The van der Waals surface area contributed by atoms with E-state index in [1.54, 1.807) is 0 Å². The summed E-state index contributed by atoms with van der Waals surface area (Å²) in [7, 11) is 1.10. The van der Waals surface area contributed by atoms with E-state index in [0.717, 1.165) is 19.3 Å². The third-order valence-corrected chi connectivity index (χ3v) is 1.17. The SMILES string of the molecule is CC.COC(=O)N1C(=O)C=CC1=O. The molecule has 1 aliphatic rings. The van der Waals surface area contributed by atoms with Crippen molar-refractivity contribution in [2.24, 2.45) is 0 Å². The fourth-order valence-corrected chi connectivity index (χ4v) is 0.671. The van der Waals surface area contributed by atoms with Crippen LogP contribution in [0.1, 0.15) is 13.8 Å². The van der Waals surface area contributed by atoms with Gasteiger partial charge in [0, 0.05) is 12.2 Å². The van der Waals surface area contributed by atoms with Gasteiger partial charge < -0.3 is 4.74 Å². The van der Waals surface area contributed by atoms with Crippen molar-refractivity contribution in [2.45, 2.75) is 13.8 Å². The van der Waals surface area contributed by atoms with Crippen LogP contribution in [0.5, 0.6) is 0 Å². The number of hydrogen-bond acceptors (Lipinski definition) is 4. The van der Waals surface area contributed by atoms with Gasteiger partial charge >= 0.3 is 6.09 Å². The third-order valence-electron chi connectivity index (χ3n) is 1.17. The average Bonchev–Trinajstić information content (AvgIpc) is 2.49. The average molecular weight is 185 g/mol. The molecule has 5 nitrogen and oxygen atoms in total. The molecule has 0 saturated carbocycles. The number of methoxy groups -OCH3 is 1. The molecule has 1 aliphatic heterocycles. The molecular formula is C8H11NO4.